The summed E-state index contributed by atoms with van der Waals surface area (Å²) in [6.45, 7) is 5.10. The highest BCUT2D eigenvalue weighted by molar-refractivity contribution is 14.0. The van der Waals surface area contributed by atoms with Crippen molar-refractivity contribution in [1.82, 2.24) is 10.2 Å². The van der Waals surface area contributed by atoms with Crippen LogP contribution in [-0.4, -0.2) is 50.1 Å². The predicted molar refractivity (Wildman–Crippen MR) is 109 cm³/mol. The third kappa shape index (κ3) is 6.76. The fourth-order valence-electron chi connectivity index (χ4n) is 3.81. The van der Waals surface area contributed by atoms with Gasteiger partial charge in [0.25, 0.3) is 0 Å². The fourth-order valence-corrected chi connectivity index (χ4v) is 3.81. The minimum absolute atomic E-state index is 0. The largest absolute Gasteiger partial charge is 0.466 e. The Morgan fingerprint density at radius 3 is 2.46 bits per heavy atom. The van der Waals surface area contributed by atoms with Crippen LogP contribution in [-0.2, 0) is 9.53 Å². The summed E-state index contributed by atoms with van der Waals surface area (Å²) in [4.78, 5) is 18.5. The molecule has 0 aromatic heterocycles. The molecule has 2 rings (SSSR count). The smallest absolute Gasteiger partial charge is 0.309 e. The standard InChI is InChI=1S/C18H33N3O2.HI/c1-3-23-17(22)16-10-13-21(14-11-16)18(19-2)20-12-6-9-15-7-4-5-8-15;/h15-16H,3-14H2,1-2H3,(H,19,20);1H. The van der Waals surface area contributed by atoms with Gasteiger partial charge in [0.2, 0.25) is 0 Å². The molecule has 2 fully saturated rings. The molecule has 0 unspecified atom stereocenters. The number of ether oxygens (including phenoxy) is 1. The van der Waals surface area contributed by atoms with Crippen molar-refractivity contribution < 1.29 is 9.53 Å². The van der Waals surface area contributed by atoms with Gasteiger partial charge in [-0.3, -0.25) is 9.79 Å². The molecule has 0 bridgehead atoms. The molecule has 140 valence electrons. The van der Waals surface area contributed by atoms with Crippen LogP contribution in [0.25, 0.3) is 0 Å². The Morgan fingerprint density at radius 1 is 1.21 bits per heavy atom. The molecule has 5 nitrogen and oxygen atoms in total. The van der Waals surface area contributed by atoms with Gasteiger partial charge in [-0.25, -0.2) is 0 Å². The predicted octanol–water partition coefficient (Wildman–Crippen LogP) is 3.43. The van der Waals surface area contributed by atoms with Crippen LogP contribution in [0.5, 0.6) is 0 Å². The minimum atomic E-state index is -0.0355. The van der Waals surface area contributed by atoms with Gasteiger partial charge in [0.15, 0.2) is 5.96 Å². The van der Waals surface area contributed by atoms with E-state index >= 15 is 0 Å². The van der Waals surface area contributed by atoms with Crippen molar-refractivity contribution in [3.05, 3.63) is 0 Å². The lowest BCUT2D eigenvalue weighted by atomic mass is 9.97. The SMILES string of the molecule is CCOC(=O)C1CCN(C(=NC)NCCCC2CCCC2)CC1.I. The lowest BCUT2D eigenvalue weighted by molar-refractivity contribution is -0.149. The summed E-state index contributed by atoms with van der Waals surface area (Å²) in [5, 5.41) is 3.49. The molecule has 1 saturated carbocycles. The van der Waals surface area contributed by atoms with E-state index in [1.165, 1.54) is 38.5 Å². The number of esters is 1. The molecule has 1 saturated heterocycles. The Hall–Kier alpha value is -0.530. The summed E-state index contributed by atoms with van der Waals surface area (Å²) in [7, 11) is 1.84. The average Bonchev–Trinajstić information content (AvgIpc) is 3.09. The first-order chi connectivity index (χ1) is 11.2. The number of nitrogens with zero attached hydrogens (tertiary/aromatic N) is 2. The fraction of sp³-hybridized carbons (Fsp3) is 0.889. The van der Waals surface area contributed by atoms with Gasteiger partial charge in [0.05, 0.1) is 12.5 Å². The molecule has 0 aromatic rings. The van der Waals surface area contributed by atoms with Gasteiger partial charge in [-0.1, -0.05) is 25.7 Å². The van der Waals surface area contributed by atoms with E-state index in [-0.39, 0.29) is 35.9 Å². The second-order valence-electron chi connectivity index (χ2n) is 6.78. The van der Waals surface area contributed by atoms with Gasteiger partial charge in [-0.15, -0.1) is 24.0 Å². The number of likely N-dealkylation sites (tertiary alicyclic amines) is 1. The van der Waals surface area contributed by atoms with Gasteiger partial charge in [0, 0.05) is 26.7 Å². The summed E-state index contributed by atoms with van der Waals surface area (Å²) in [6, 6.07) is 0. The first kappa shape index (κ1) is 21.5. The van der Waals surface area contributed by atoms with E-state index in [0.29, 0.717) is 6.61 Å². The van der Waals surface area contributed by atoms with Crippen LogP contribution in [0.1, 0.15) is 58.3 Å². The molecule has 1 N–H and O–H groups in total. The maximum atomic E-state index is 11.8. The monoisotopic (exact) mass is 451 g/mol. The maximum absolute atomic E-state index is 11.8. The van der Waals surface area contributed by atoms with E-state index in [2.05, 4.69) is 15.2 Å². The summed E-state index contributed by atoms with van der Waals surface area (Å²) in [5.41, 5.74) is 0. The van der Waals surface area contributed by atoms with Crippen molar-refractivity contribution in [2.75, 3.05) is 33.3 Å². The maximum Gasteiger partial charge on any atom is 0.309 e. The average molecular weight is 451 g/mol. The number of halogens is 1. The molecule has 1 aliphatic carbocycles. The number of hydrogen-bond donors (Lipinski definition) is 1. The van der Waals surface area contributed by atoms with E-state index in [9.17, 15) is 4.79 Å². The third-order valence-corrected chi connectivity index (χ3v) is 5.17. The highest BCUT2D eigenvalue weighted by atomic mass is 127. The molecule has 1 heterocycles. The number of rotatable bonds is 6. The summed E-state index contributed by atoms with van der Waals surface area (Å²) >= 11 is 0. The van der Waals surface area contributed by atoms with Gasteiger partial charge in [-0.05, 0) is 38.5 Å². The van der Waals surface area contributed by atoms with Crippen molar-refractivity contribution in [3.8, 4) is 0 Å². The van der Waals surface area contributed by atoms with Crippen molar-refractivity contribution in [1.29, 1.82) is 0 Å². The molecule has 0 aromatic carbocycles. The topological polar surface area (TPSA) is 53.9 Å². The Bertz CT molecular complexity index is 390. The number of aliphatic imine (C=N–C) groups is 1. The van der Waals surface area contributed by atoms with E-state index in [0.717, 1.165) is 44.4 Å². The van der Waals surface area contributed by atoms with Crippen molar-refractivity contribution in [3.63, 3.8) is 0 Å². The molecule has 0 radical (unpaired) electrons. The lowest BCUT2D eigenvalue weighted by Crippen LogP contribution is -2.47. The van der Waals surface area contributed by atoms with E-state index < -0.39 is 0 Å². The molecule has 1 aliphatic heterocycles. The van der Waals surface area contributed by atoms with Crippen LogP contribution in [0.3, 0.4) is 0 Å². The minimum Gasteiger partial charge on any atom is -0.466 e. The molecular weight excluding hydrogens is 417 g/mol. The van der Waals surface area contributed by atoms with Crippen molar-refractivity contribution >= 4 is 35.9 Å². The van der Waals surface area contributed by atoms with Crippen molar-refractivity contribution in [2.24, 2.45) is 16.8 Å². The van der Waals surface area contributed by atoms with Gasteiger partial charge in [-0.2, -0.15) is 0 Å². The molecule has 2 aliphatic rings. The summed E-state index contributed by atoms with van der Waals surface area (Å²) < 4.78 is 5.13. The molecule has 0 spiro atoms. The highest BCUT2D eigenvalue weighted by Crippen LogP contribution is 2.28. The van der Waals surface area contributed by atoms with Crippen LogP contribution in [0.15, 0.2) is 4.99 Å². The molecule has 6 heteroatoms. The Balaban J connectivity index is 0.00000288. The van der Waals surface area contributed by atoms with E-state index in [1.54, 1.807) is 0 Å². The number of guanidine groups is 1. The number of carbonyl (C=O) groups is 1. The lowest BCUT2D eigenvalue weighted by Gasteiger charge is -2.33. The number of hydrogen-bond acceptors (Lipinski definition) is 3. The van der Waals surface area contributed by atoms with Crippen LogP contribution >= 0.6 is 24.0 Å². The van der Waals surface area contributed by atoms with Crippen LogP contribution < -0.4 is 5.32 Å². The first-order valence-corrected chi connectivity index (χ1v) is 9.36. The normalized spacial score (nSPS) is 19.9. The van der Waals surface area contributed by atoms with E-state index in [4.69, 9.17) is 4.74 Å². The molecule has 0 amide bonds. The zero-order chi connectivity index (χ0) is 16.5. The van der Waals surface area contributed by atoms with E-state index in [1.807, 2.05) is 14.0 Å². The van der Waals surface area contributed by atoms with Crippen LogP contribution in [0.2, 0.25) is 0 Å². The Labute approximate surface area is 164 Å². The van der Waals surface area contributed by atoms with Gasteiger partial charge in [0.1, 0.15) is 0 Å². The third-order valence-electron chi connectivity index (χ3n) is 5.17. The molecule has 0 atom stereocenters. The number of nitrogens with one attached hydrogen (secondary N) is 1. The first-order valence-electron chi connectivity index (χ1n) is 9.36. The second-order valence-corrected chi connectivity index (χ2v) is 6.78. The van der Waals surface area contributed by atoms with Crippen LogP contribution in [0.4, 0.5) is 0 Å². The molecule has 24 heavy (non-hydrogen) atoms. The zero-order valence-electron chi connectivity index (χ0n) is 15.3. The van der Waals surface area contributed by atoms with Gasteiger partial charge < -0.3 is 15.0 Å². The summed E-state index contributed by atoms with van der Waals surface area (Å²) in [5.74, 6) is 1.97. The van der Waals surface area contributed by atoms with Crippen molar-refractivity contribution in [2.45, 2.75) is 58.3 Å². The van der Waals surface area contributed by atoms with Crippen LogP contribution in [0, 0.1) is 11.8 Å². The summed E-state index contributed by atoms with van der Waals surface area (Å²) in [6.07, 6.45) is 10.00. The Kier molecular flexibility index (Phi) is 10.7. The zero-order valence-corrected chi connectivity index (χ0v) is 17.6. The molecular formula is C18H34IN3O2. The number of carbonyl (C=O) groups excluding carboxylic acids is 1. The Morgan fingerprint density at radius 2 is 1.88 bits per heavy atom. The second kappa shape index (κ2) is 11.9. The highest BCUT2D eigenvalue weighted by Gasteiger charge is 2.27. The number of piperidine rings is 1. The van der Waals surface area contributed by atoms with Gasteiger partial charge >= 0.3 is 5.97 Å². The quantitative estimate of drug-likeness (QED) is 0.221.